The van der Waals surface area contributed by atoms with Crippen LogP contribution in [-0.4, -0.2) is 24.0 Å². The van der Waals surface area contributed by atoms with Gasteiger partial charge in [-0.25, -0.2) is 4.98 Å². The number of nitrogens with one attached hydrogen (secondary N) is 2. The molecule has 0 aliphatic carbocycles. The summed E-state index contributed by atoms with van der Waals surface area (Å²) in [4.78, 5) is 16.4. The van der Waals surface area contributed by atoms with Crippen LogP contribution in [0.3, 0.4) is 0 Å². The summed E-state index contributed by atoms with van der Waals surface area (Å²) >= 11 is 7.71. The molecule has 0 saturated heterocycles. The summed E-state index contributed by atoms with van der Waals surface area (Å²) < 4.78 is 0. The van der Waals surface area contributed by atoms with E-state index in [9.17, 15) is 4.79 Å². The fraction of sp³-hybridized carbons (Fsp3) is 0.333. The lowest BCUT2D eigenvalue weighted by molar-refractivity contribution is 0.0949. The highest BCUT2D eigenvalue weighted by molar-refractivity contribution is 7.07. The smallest absolute Gasteiger partial charge is 0.271 e. The Kier molecular flexibility index (Phi) is 6.02. The molecule has 0 bridgehead atoms. The van der Waals surface area contributed by atoms with Gasteiger partial charge in [-0.1, -0.05) is 18.5 Å². The second kappa shape index (κ2) is 8.00. The van der Waals surface area contributed by atoms with Crippen LogP contribution < -0.4 is 10.6 Å². The highest BCUT2D eigenvalue weighted by Crippen LogP contribution is 2.16. The Labute approximate surface area is 133 Å². The van der Waals surface area contributed by atoms with E-state index in [2.05, 4.69) is 34.0 Å². The predicted molar refractivity (Wildman–Crippen MR) is 88.4 cm³/mol. The number of thiophene rings is 1. The van der Waals surface area contributed by atoms with E-state index in [0.29, 0.717) is 17.4 Å². The maximum absolute atomic E-state index is 12.1. The van der Waals surface area contributed by atoms with E-state index in [4.69, 9.17) is 11.6 Å². The quantitative estimate of drug-likeness (QED) is 0.818. The number of rotatable bonds is 7. The van der Waals surface area contributed by atoms with Gasteiger partial charge in [-0.05, 0) is 47.4 Å². The molecule has 0 unspecified atom stereocenters. The zero-order valence-corrected chi connectivity index (χ0v) is 13.4. The van der Waals surface area contributed by atoms with Crippen LogP contribution in [0.1, 0.15) is 29.4 Å². The van der Waals surface area contributed by atoms with E-state index in [1.165, 1.54) is 5.56 Å². The SMILES string of the molecule is CCCNc1ccc(Cl)c(C(=O)NCCc2ccsc2)n1. The molecule has 21 heavy (non-hydrogen) atoms. The average Bonchev–Trinajstić information content (AvgIpc) is 2.99. The van der Waals surface area contributed by atoms with E-state index in [1.54, 1.807) is 23.5 Å². The summed E-state index contributed by atoms with van der Waals surface area (Å²) in [7, 11) is 0. The summed E-state index contributed by atoms with van der Waals surface area (Å²) in [6.45, 7) is 3.45. The van der Waals surface area contributed by atoms with Crippen molar-refractivity contribution in [1.29, 1.82) is 0 Å². The van der Waals surface area contributed by atoms with Gasteiger partial charge in [0.2, 0.25) is 0 Å². The van der Waals surface area contributed by atoms with Gasteiger partial charge in [-0.15, -0.1) is 0 Å². The van der Waals surface area contributed by atoms with E-state index in [-0.39, 0.29) is 11.6 Å². The van der Waals surface area contributed by atoms with Gasteiger partial charge in [0.25, 0.3) is 5.91 Å². The van der Waals surface area contributed by atoms with Crippen LogP contribution in [0.25, 0.3) is 0 Å². The van der Waals surface area contributed by atoms with Crippen LogP contribution in [0.4, 0.5) is 5.82 Å². The first-order valence-electron chi connectivity index (χ1n) is 6.90. The molecule has 0 aromatic carbocycles. The number of hydrogen-bond acceptors (Lipinski definition) is 4. The summed E-state index contributed by atoms with van der Waals surface area (Å²) in [6, 6.07) is 5.53. The number of anilines is 1. The maximum Gasteiger partial charge on any atom is 0.271 e. The first-order valence-corrected chi connectivity index (χ1v) is 8.22. The fourth-order valence-electron chi connectivity index (χ4n) is 1.79. The van der Waals surface area contributed by atoms with Gasteiger partial charge in [0, 0.05) is 13.1 Å². The molecule has 0 fully saturated rings. The van der Waals surface area contributed by atoms with Crippen molar-refractivity contribution in [2.75, 3.05) is 18.4 Å². The van der Waals surface area contributed by atoms with Crippen molar-refractivity contribution in [2.24, 2.45) is 0 Å². The van der Waals surface area contributed by atoms with Crippen molar-refractivity contribution >= 4 is 34.7 Å². The molecule has 2 aromatic heterocycles. The lowest BCUT2D eigenvalue weighted by Gasteiger charge is -2.09. The molecule has 0 atom stereocenters. The van der Waals surface area contributed by atoms with Crippen molar-refractivity contribution < 1.29 is 4.79 Å². The normalized spacial score (nSPS) is 10.4. The summed E-state index contributed by atoms with van der Waals surface area (Å²) in [5.41, 5.74) is 1.49. The Morgan fingerprint density at radius 2 is 2.19 bits per heavy atom. The molecule has 2 aromatic rings. The van der Waals surface area contributed by atoms with Crippen LogP contribution in [0.15, 0.2) is 29.0 Å². The molecule has 4 nitrogen and oxygen atoms in total. The number of carbonyl (C=O) groups is 1. The van der Waals surface area contributed by atoms with Crippen molar-refractivity contribution in [1.82, 2.24) is 10.3 Å². The second-order valence-corrected chi connectivity index (χ2v) is 5.78. The number of pyridine rings is 1. The average molecular weight is 324 g/mol. The maximum atomic E-state index is 12.1. The van der Waals surface area contributed by atoms with E-state index in [1.807, 2.05) is 5.38 Å². The third-order valence-corrected chi connectivity index (χ3v) is 3.93. The van der Waals surface area contributed by atoms with Crippen molar-refractivity contribution in [2.45, 2.75) is 19.8 Å². The number of halogens is 1. The zero-order valence-electron chi connectivity index (χ0n) is 11.9. The Bertz CT molecular complexity index is 587. The van der Waals surface area contributed by atoms with E-state index >= 15 is 0 Å². The highest BCUT2D eigenvalue weighted by Gasteiger charge is 2.12. The minimum Gasteiger partial charge on any atom is -0.370 e. The molecular weight excluding hydrogens is 306 g/mol. The van der Waals surface area contributed by atoms with Gasteiger partial charge in [0.05, 0.1) is 5.02 Å². The molecule has 2 heterocycles. The van der Waals surface area contributed by atoms with Gasteiger partial charge < -0.3 is 10.6 Å². The van der Waals surface area contributed by atoms with Crippen LogP contribution in [0.2, 0.25) is 5.02 Å². The third kappa shape index (κ3) is 4.72. The van der Waals surface area contributed by atoms with Gasteiger partial charge >= 0.3 is 0 Å². The molecule has 6 heteroatoms. The Morgan fingerprint density at radius 3 is 2.90 bits per heavy atom. The Morgan fingerprint density at radius 1 is 1.33 bits per heavy atom. The van der Waals surface area contributed by atoms with Crippen molar-refractivity contribution in [3.05, 3.63) is 45.2 Å². The van der Waals surface area contributed by atoms with Gasteiger partial charge in [0.1, 0.15) is 11.5 Å². The number of amides is 1. The lowest BCUT2D eigenvalue weighted by atomic mass is 10.2. The summed E-state index contributed by atoms with van der Waals surface area (Å²) in [6.07, 6.45) is 1.80. The number of aromatic nitrogens is 1. The van der Waals surface area contributed by atoms with Crippen LogP contribution in [-0.2, 0) is 6.42 Å². The first-order chi connectivity index (χ1) is 10.2. The largest absolute Gasteiger partial charge is 0.370 e. The molecule has 0 saturated carbocycles. The van der Waals surface area contributed by atoms with Gasteiger partial charge in [-0.3, -0.25) is 4.79 Å². The Balaban J connectivity index is 1.94. The van der Waals surface area contributed by atoms with Crippen LogP contribution in [0.5, 0.6) is 0 Å². The molecule has 0 aliphatic rings. The molecule has 0 aliphatic heterocycles. The standard InChI is InChI=1S/C15H18ClN3OS/c1-2-7-17-13-4-3-12(16)14(19-13)15(20)18-8-5-11-6-9-21-10-11/h3-4,6,9-10H,2,5,7-8H2,1H3,(H,17,19)(H,18,20). The topological polar surface area (TPSA) is 54.0 Å². The molecule has 2 rings (SSSR count). The minimum atomic E-state index is -0.240. The fourth-order valence-corrected chi connectivity index (χ4v) is 2.69. The third-order valence-electron chi connectivity index (χ3n) is 2.90. The molecule has 0 radical (unpaired) electrons. The molecule has 2 N–H and O–H groups in total. The molecule has 0 spiro atoms. The van der Waals surface area contributed by atoms with Crippen LogP contribution >= 0.6 is 22.9 Å². The summed E-state index contributed by atoms with van der Waals surface area (Å²) in [5.74, 6) is 0.430. The van der Waals surface area contributed by atoms with Gasteiger partial charge in [0.15, 0.2) is 0 Å². The first kappa shape index (κ1) is 15.8. The Hall–Kier alpha value is -1.59. The van der Waals surface area contributed by atoms with E-state index < -0.39 is 0 Å². The minimum absolute atomic E-state index is 0.240. The zero-order chi connectivity index (χ0) is 15.1. The number of hydrogen-bond donors (Lipinski definition) is 2. The summed E-state index contributed by atoms with van der Waals surface area (Å²) in [5, 5.41) is 10.5. The number of carbonyl (C=O) groups excluding carboxylic acids is 1. The van der Waals surface area contributed by atoms with Crippen molar-refractivity contribution in [3.8, 4) is 0 Å². The molecule has 1 amide bonds. The van der Waals surface area contributed by atoms with E-state index in [0.717, 1.165) is 19.4 Å². The lowest BCUT2D eigenvalue weighted by Crippen LogP contribution is -2.27. The van der Waals surface area contributed by atoms with Gasteiger partial charge in [-0.2, -0.15) is 11.3 Å². The van der Waals surface area contributed by atoms with Crippen molar-refractivity contribution in [3.63, 3.8) is 0 Å². The van der Waals surface area contributed by atoms with Crippen LogP contribution in [0, 0.1) is 0 Å². The highest BCUT2D eigenvalue weighted by atomic mass is 35.5. The monoisotopic (exact) mass is 323 g/mol. The predicted octanol–water partition coefficient (Wildman–Crippen LogP) is 3.59. The number of nitrogens with zero attached hydrogens (tertiary/aromatic N) is 1. The second-order valence-electron chi connectivity index (χ2n) is 4.59. The molecular formula is C15H18ClN3OS. The molecule has 112 valence electrons.